The molecule has 0 aromatic carbocycles. The lowest BCUT2D eigenvalue weighted by Gasteiger charge is -2.37. The first-order valence-electron chi connectivity index (χ1n) is 8.82. The van der Waals surface area contributed by atoms with Crippen LogP contribution in [0.4, 0.5) is 4.79 Å². The van der Waals surface area contributed by atoms with Crippen molar-refractivity contribution in [3.63, 3.8) is 0 Å². The lowest BCUT2D eigenvalue weighted by atomic mass is 10.1. The van der Waals surface area contributed by atoms with Crippen molar-refractivity contribution < 1.29 is 19.1 Å². The number of hydrogen-bond acceptors (Lipinski definition) is 8. The van der Waals surface area contributed by atoms with E-state index in [1.54, 1.807) is 11.8 Å². The average Bonchev–Trinajstić information content (AvgIpc) is 3.36. The van der Waals surface area contributed by atoms with Gasteiger partial charge in [-0.2, -0.15) is 9.61 Å². The predicted molar refractivity (Wildman–Crippen MR) is 98.0 cm³/mol. The van der Waals surface area contributed by atoms with Crippen molar-refractivity contribution in [3.05, 3.63) is 34.9 Å². The summed E-state index contributed by atoms with van der Waals surface area (Å²) in [5.41, 5.74) is 0. The molecule has 1 fully saturated rings. The maximum Gasteiger partial charge on any atom is 0.409 e. The Balaban J connectivity index is 1.63. The van der Waals surface area contributed by atoms with E-state index >= 15 is 0 Å². The van der Waals surface area contributed by atoms with Crippen molar-refractivity contribution >= 4 is 22.4 Å². The van der Waals surface area contributed by atoms with Crippen molar-refractivity contribution in [2.75, 3.05) is 32.8 Å². The molecule has 1 unspecified atom stereocenters. The van der Waals surface area contributed by atoms with Crippen LogP contribution < -0.4 is 0 Å². The second-order valence-corrected chi connectivity index (χ2v) is 7.33. The maximum absolute atomic E-state index is 12.0. The van der Waals surface area contributed by atoms with E-state index in [9.17, 15) is 9.90 Å². The van der Waals surface area contributed by atoms with Crippen LogP contribution in [0.15, 0.2) is 22.9 Å². The summed E-state index contributed by atoms with van der Waals surface area (Å²) in [4.78, 5) is 21.4. The number of rotatable bonds is 4. The molecule has 3 aromatic heterocycles. The van der Waals surface area contributed by atoms with Gasteiger partial charge in [0.25, 0.3) is 0 Å². The fourth-order valence-corrected chi connectivity index (χ4v) is 4.40. The van der Waals surface area contributed by atoms with E-state index in [1.807, 2.05) is 19.1 Å². The average molecular weight is 391 g/mol. The Morgan fingerprint density at radius 2 is 2.15 bits per heavy atom. The Bertz CT molecular complexity index is 940. The van der Waals surface area contributed by atoms with E-state index < -0.39 is 0 Å². The van der Waals surface area contributed by atoms with E-state index in [1.165, 1.54) is 22.2 Å². The highest BCUT2D eigenvalue weighted by atomic mass is 32.1. The first-order valence-corrected chi connectivity index (χ1v) is 9.63. The fraction of sp³-hybridized carbons (Fsp3) is 0.471. The quantitative estimate of drug-likeness (QED) is 0.729. The van der Waals surface area contributed by atoms with Gasteiger partial charge in [0, 0.05) is 26.2 Å². The van der Waals surface area contributed by atoms with Crippen LogP contribution in [0, 0.1) is 6.92 Å². The van der Waals surface area contributed by atoms with Gasteiger partial charge in [-0.1, -0.05) is 11.3 Å². The van der Waals surface area contributed by atoms with E-state index in [4.69, 9.17) is 9.15 Å². The zero-order valence-electron chi connectivity index (χ0n) is 15.2. The van der Waals surface area contributed by atoms with Crippen LogP contribution in [0.3, 0.4) is 0 Å². The number of fused-ring (bicyclic) bond motifs is 1. The maximum atomic E-state index is 12.0. The Labute approximate surface area is 159 Å². The zero-order chi connectivity index (χ0) is 19.0. The number of furan rings is 1. The molecule has 1 saturated heterocycles. The number of aryl methyl sites for hydroxylation is 1. The summed E-state index contributed by atoms with van der Waals surface area (Å²) in [5, 5.41) is 14.7. The molecule has 4 heterocycles. The normalized spacial score (nSPS) is 16.7. The summed E-state index contributed by atoms with van der Waals surface area (Å²) in [6, 6.07) is 3.56. The number of carbonyl (C=O) groups is 1. The summed E-state index contributed by atoms with van der Waals surface area (Å²) >= 11 is 1.38. The van der Waals surface area contributed by atoms with Gasteiger partial charge < -0.3 is 19.2 Å². The van der Waals surface area contributed by atoms with Crippen LogP contribution in [0.25, 0.3) is 4.96 Å². The number of aromatic nitrogens is 3. The fourth-order valence-electron chi connectivity index (χ4n) is 3.33. The molecule has 0 radical (unpaired) electrons. The summed E-state index contributed by atoms with van der Waals surface area (Å²) in [7, 11) is 0. The summed E-state index contributed by atoms with van der Waals surface area (Å²) in [6.45, 7) is 6.43. The minimum atomic E-state index is -0.288. The van der Waals surface area contributed by atoms with E-state index in [0.717, 1.165) is 16.4 Å². The van der Waals surface area contributed by atoms with Gasteiger partial charge in [-0.3, -0.25) is 4.90 Å². The van der Waals surface area contributed by atoms with Crippen molar-refractivity contribution in [3.8, 4) is 5.88 Å². The largest absolute Gasteiger partial charge is 0.492 e. The molecule has 27 heavy (non-hydrogen) atoms. The Morgan fingerprint density at radius 1 is 1.37 bits per heavy atom. The molecule has 1 aliphatic heterocycles. The van der Waals surface area contributed by atoms with Crippen LogP contribution in [-0.2, 0) is 4.74 Å². The molecule has 9 nitrogen and oxygen atoms in total. The van der Waals surface area contributed by atoms with E-state index in [0.29, 0.717) is 37.7 Å². The van der Waals surface area contributed by atoms with E-state index in [-0.39, 0.29) is 18.0 Å². The minimum Gasteiger partial charge on any atom is -0.492 e. The molecule has 3 aromatic rings. The first-order chi connectivity index (χ1) is 13.1. The molecule has 1 N–H and O–H groups in total. The van der Waals surface area contributed by atoms with Crippen molar-refractivity contribution in [2.45, 2.75) is 19.9 Å². The van der Waals surface area contributed by atoms with E-state index in [2.05, 4.69) is 15.0 Å². The molecule has 0 bridgehead atoms. The van der Waals surface area contributed by atoms with Gasteiger partial charge in [-0.05, 0) is 26.0 Å². The van der Waals surface area contributed by atoms with Crippen LogP contribution in [0.5, 0.6) is 5.88 Å². The molecular formula is C17H21N5O4S. The van der Waals surface area contributed by atoms with Gasteiger partial charge in [0.2, 0.25) is 10.8 Å². The molecule has 144 valence electrons. The molecule has 0 spiro atoms. The van der Waals surface area contributed by atoms with Crippen molar-refractivity contribution in [1.29, 1.82) is 0 Å². The molecule has 4 rings (SSSR count). The Morgan fingerprint density at radius 3 is 2.78 bits per heavy atom. The number of carbonyl (C=O) groups excluding carboxylic acids is 1. The SMILES string of the molecule is CCOC(=O)N1CCN(C(c2ccc(C)o2)c2sc3ncnn3c2O)CC1. The van der Waals surface area contributed by atoms with Gasteiger partial charge in [-0.15, -0.1) is 0 Å². The Hall–Kier alpha value is -2.59. The molecular weight excluding hydrogens is 370 g/mol. The molecule has 10 heteroatoms. The minimum absolute atomic E-state index is 0.0689. The summed E-state index contributed by atoms with van der Waals surface area (Å²) < 4.78 is 12.4. The number of nitrogens with zero attached hydrogens (tertiary/aromatic N) is 5. The smallest absolute Gasteiger partial charge is 0.409 e. The van der Waals surface area contributed by atoms with Crippen LogP contribution in [0.2, 0.25) is 0 Å². The third-order valence-corrected chi connectivity index (χ3v) is 5.71. The molecule has 1 atom stereocenters. The highest BCUT2D eigenvalue weighted by molar-refractivity contribution is 7.17. The van der Waals surface area contributed by atoms with Gasteiger partial charge in [0.05, 0.1) is 11.5 Å². The molecule has 0 aliphatic carbocycles. The lowest BCUT2D eigenvalue weighted by molar-refractivity contribution is 0.0685. The third kappa shape index (κ3) is 3.26. The second kappa shape index (κ2) is 7.20. The van der Waals surface area contributed by atoms with Crippen LogP contribution >= 0.6 is 11.3 Å². The van der Waals surface area contributed by atoms with Crippen molar-refractivity contribution in [1.82, 2.24) is 24.4 Å². The lowest BCUT2D eigenvalue weighted by Crippen LogP contribution is -2.49. The molecule has 1 amide bonds. The number of amides is 1. The Kier molecular flexibility index (Phi) is 4.75. The third-order valence-electron chi connectivity index (χ3n) is 4.62. The number of ether oxygens (including phenoxy) is 1. The van der Waals surface area contributed by atoms with Crippen LogP contribution in [-0.4, -0.2) is 68.4 Å². The molecule has 0 saturated carbocycles. The summed E-state index contributed by atoms with van der Waals surface area (Å²) in [6.07, 6.45) is 1.13. The van der Waals surface area contributed by atoms with Gasteiger partial charge in [0.15, 0.2) is 0 Å². The monoisotopic (exact) mass is 391 g/mol. The van der Waals surface area contributed by atoms with Gasteiger partial charge in [-0.25, -0.2) is 9.78 Å². The van der Waals surface area contributed by atoms with Crippen molar-refractivity contribution in [2.24, 2.45) is 0 Å². The number of hydrogen-bond donors (Lipinski definition) is 1. The first kappa shape index (κ1) is 17.8. The standard InChI is InChI=1S/C17H21N5O4S/c1-3-25-17(24)21-8-6-20(7-9-21)13(12-5-4-11(2)26-12)14-15(23)22-16(27-14)18-10-19-22/h4-5,10,13,23H,3,6-9H2,1-2H3. The number of piperazine rings is 1. The number of thiazole rings is 1. The summed E-state index contributed by atoms with van der Waals surface area (Å²) in [5.74, 6) is 1.62. The highest BCUT2D eigenvalue weighted by Gasteiger charge is 2.34. The van der Waals surface area contributed by atoms with Gasteiger partial charge in [0.1, 0.15) is 23.9 Å². The number of aromatic hydroxyl groups is 1. The topological polar surface area (TPSA) is 96.3 Å². The van der Waals surface area contributed by atoms with Gasteiger partial charge >= 0.3 is 6.09 Å². The predicted octanol–water partition coefficient (Wildman–Crippen LogP) is 2.26. The zero-order valence-corrected chi connectivity index (χ0v) is 16.0. The van der Waals surface area contributed by atoms with Crippen LogP contribution in [0.1, 0.15) is 29.4 Å². The highest BCUT2D eigenvalue weighted by Crippen LogP contribution is 2.40. The molecule has 1 aliphatic rings. The second-order valence-electron chi connectivity index (χ2n) is 6.32.